The van der Waals surface area contributed by atoms with Crippen LogP contribution in [0.1, 0.15) is 83.0 Å². The molecule has 4 aliphatic heterocycles. The molecule has 1 saturated carbocycles. The van der Waals surface area contributed by atoms with Crippen LogP contribution in [-0.2, 0) is 14.3 Å². The zero-order valence-corrected chi connectivity index (χ0v) is 33.6. The average molecular weight is 841 g/mol. The Morgan fingerprint density at radius 2 is 1.71 bits per heavy atom. The number of hydrogen-bond donors (Lipinski definition) is 1. The fraction of sp³-hybridized carbons (Fsp3) is 0.442. The number of nitrogens with zero attached hydrogens (tertiary/aromatic N) is 2. The summed E-state index contributed by atoms with van der Waals surface area (Å²) >= 11 is 13.3. The van der Waals surface area contributed by atoms with Crippen molar-refractivity contribution in [3.05, 3.63) is 99.6 Å². The minimum absolute atomic E-state index is 0.0365. The molecule has 5 aliphatic rings. The van der Waals surface area contributed by atoms with E-state index in [9.17, 15) is 23.2 Å². The van der Waals surface area contributed by atoms with Crippen molar-refractivity contribution in [1.82, 2.24) is 10.2 Å². The minimum atomic E-state index is -3.09. The largest absolute Gasteiger partial charge is 0.497 e. The van der Waals surface area contributed by atoms with Gasteiger partial charge in [-0.1, -0.05) is 35.9 Å². The number of hydrogen-bond acceptors (Lipinski definition) is 10. The number of esters is 2. The van der Waals surface area contributed by atoms with E-state index in [0.717, 1.165) is 38.8 Å². The number of alkyl halides is 3. The number of carbonyl (C=O) groups is 3. The maximum Gasteiger partial charge on any atom is 0.387 e. The van der Waals surface area contributed by atoms with Gasteiger partial charge in [-0.15, -0.1) is 11.6 Å². The maximum absolute atomic E-state index is 14.0. The summed E-state index contributed by atoms with van der Waals surface area (Å²) in [5, 5.41) is 2.49. The predicted molar refractivity (Wildman–Crippen MR) is 213 cm³/mol. The molecule has 1 aliphatic carbocycles. The summed E-state index contributed by atoms with van der Waals surface area (Å²) in [6.45, 7) is 1.64. The third-order valence-electron chi connectivity index (χ3n) is 11.0. The molecule has 1 N–H and O–H groups in total. The SMILES string of the molecule is COc1cccc(C(NC(=O)c2cccc(C(=O)O[C@@H](CC3=C(Cl)C=NC(C)C3Cl)c3ccc(OC(F)F)c(OCC4CC4)c3)c2)C(=O)O[C@H]2CN3CCC2CC3)c1. The van der Waals surface area contributed by atoms with Gasteiger partial charge in [0, 0.05) is 24.7 Å². The van der Waals surface area contributed by atoms with Crippen LogP contribution in [-0.4, -0.2) is 86.4 Å². The van der Waals surface area contributed by atoms with Crippen molar-refractivity contribution in [3.63, 3.8) is 0 Å². The minimum Gasteiger partial charge on any atom is -0.497 e. The quantitative estimate of drug-likeness (QED) is 0.113. The lowest BCUT2D eigenvalue weighted by Gasteiger charge is -2.44. The highest BCUT2D eigenvalue weighted by molar-refractivity contribution is 6.41. The van der Waals surface area contributed by atoms with E-state index in [4.69, 9.17) is 46.9 Å². The number of piperidine rings is 3. The smallest absolute Gasteiger partial charge is 0.387 e. The third kappa shape index (κ3) is 10.1. The van der Waals surface area contributed by atoms with E-state index in [2.05, 4.69) is 15.2 Å². The molecule has 11 nitrogen and oxygen atoms in total. The lowest BCUT2D eigenvalue weighted by molar-refractivity contribution is -0.161. The monoisotopic (exact) mass is 839 g/mol. The molecular weight excluding hydrogens is 795 g/mol. The topological polar surface area (TPSA) is 125 Å². The van der Waals surface area contributed by atoms with E-state index < -0.39 is 42.0 Å². The number of aliphatic imine (C=N–C) groups is 1. The second kappa shape index (κ2) is 18.5. The Hall–Kier alpha value is -4.72. The number of dihydropyridines is 1. The first-order chi connectivity index (χ1) is 27.9. The van der Waals surface area contributed by atoms with Crippen LogP contribution in [0, 0.1) is 11.8 Å². The number of ether oxygens (including phenoxy) is 5. The molecule has 58 heavy (non-hydrogen) atoms. The Labute approximate surface area is 345 Å². The maximum atomic E-state index is 14.0. The highest BCUT2D eigenvalue weighted by Gasteiger charge is 2.38. The van der Waals surface area contributed by atoms with E-state index in [1.807, 2.05) is 6.92 Å². The molecule has 4 heterocycles. The van der Waals surface area contributed by atoms with Crippen LogP contribution in [0.25, 0.3) is 0 Å². The molecule has 3 unspecified atom stereocenters. The number of carbonyl (C=O) groups excluding carboxylic acids is 3. The summed E-state index contributed by atoms with van der Waals surface area (Å²) in [5.41, 5.74) is 1.57. The van der Waals surface area contributed by atoms with Crippen molar-refractivity contribution < 1.29 is 46.8 Å². The van der Waals surface area contributed by atoms with E-state index in [1.54, 1.807) is 24.3 Å². The van der Waals surface area contributed by atoms with Crippen LogP contribution in [0.2, 0.25) is 0 Å². The van der Waals surface area contributed by atoms with E-state index in [1.165, 1.54) is 55.8 Å². The summed E-state index contributed by atoms with van der Waals surface area (Å²) in [5.74, 6) is -1.04. The van der Waals surface area contributed by atoms with Crippen molar-refractivity contribution in [3.8, 4) is 17.2 Å². The highest BCUT2D eigenvalue weighted by atomic mass is 35.5. The molecule has 3 saturated heterocycles. The first-order valence-electron chi connectivity index (χ1n) is 19.4. The van der Waals surface area contributed by atoms with Crippen LogP contribution < -0.4 is 19.5 Å². The molecule has 308 valence electrons. The molecule has 0 spiro atoms. The Bertz CT molecular complexity index is 2050. The van der Waals surface area contributed by atoms with Gasteiger partial charge in [0.15, 0.2) is 17.5 Å². The molecule has 15 heteroatoms. The molecule has 5 atom stereocenters. The Balaban J connectivity index is 1.13. The Kier molecular flexibility index (Phi) is 13.2. The number of methoxy groups -OCH3 is 1. The van der Waals surface area contributed by atoms with Gasteiger partial charge >= 0.3 is 18.6 Å². The summed E-state index contributed by atoms with van der Waals surface area (Å²) in [6.07, 6.45) is 4.04. The van der Waals surface area contributed by atoms with Gasteiger partial charge in [-0.05, 0) is 117 Å². The van der Waals surface area contributed by atoms with Gasteiger partial charge in [-0.3, -0.25) is 14.7 Å². The highest BCUT2D eigenvalue weighted by Crippen LogP contribution is 2.40. The van der Waals surface area contributed by atoms with Crippen molar-refractivity contribution in [2.45, 2.75) is 75.3 Å². The van der Waals surface area contributed by atoms with E-state index in [0.29, 0.717) is 46.6 Å². The molecule has 8 rings (SSSR count). The van der Waals surface area contributed by atoms with Gasteiger partial charge in [0.25, 0.3) is 5.91 Å². The second-order valence-corrected chi connectivity index (χ2v) is 16.0. The molecule has 2 bridgehead atoms. The van der Waals surface area contributed by atoms with E-state index in [-0.39, 0.29) is 47.1 Å². The lowest BCUT2D eigenvalue weighted by Crippen LogP contribution is -2.52. The zero-order valence-electron chi connectivity index (χ0n) is 32.1. The van der Waals surface area contributed by atoms with Gasteiger partial charge < -0.3 is 29.0 Å². The number of nitrogens with one attached hydrogen (secondary N) is 1. The molecular formula is C43H45Cl2F2N3O8. The number of benzene rings is 3. The first kappa shape index (κ1) is 41.4. The average Bonchev–Trinajstić information content (AvgIpc) is 4.07. The molecule has 4 fully saturated rings. The number of rotatable bonds is 16. The normalized spacial score (nSPS) is 23.5. The van der Waals surface area contributed by atoms with Crippen molar-refractivity contribution >= 4 is 47.3 Å². The number of halogens is 4. The molecule has 1 amide bonds. The van der Waals surface area contributed by atoms with Gasteiger partial charge in [-0.25, -0.2) is 9.59 Å². The fourth-order valence-corrected chi connectivity index (χ4v) is 8.06. The molecule has 3 aromatic rings. The number of amides is 1. The molecule has 0 radical (unpaired) electrons. The first-order valence-corrected chi connectivity index (χ1v) is 20.2. The van der Waals surface area contributed by atoms with Crippen molar-refractivity contribution in [1.29, 1.82) is 0 Å². The summed E-state index contributed by atoms with van der Waals surface area (Å²) in [4.78, 5) is 48.3. The van der Waals surface area contributed by atoms with Gasteiger partial charge in [-0.2, -0.15) is 8.78 Å². The third-order valence-corrected chi connectivity index (χ3v) is 12.0. The van der Waals surface area contributed by atoms with Gasteiger partial charge in [0.2, 0.25) is 0 Å². The lowest BCUT2D eigenvalue weighted by atomic mass is 9.86. The van der Waals surface area contributed by atoms with Crippen LogP contribution in [0.5, 0.6) is 17.2 Å². The van der Waals surface area contributed by atoms with Crippen molar-refractivity contribution in [2.24, 2.45) is 16.8 Å². The molecule has 3 aromatic carbocycles. The van der Waals surface area contributed by atoms with Gasteiger partial charge in [0.05, 0.1) is 35.7 Å². The standard InChI is InChI=1S/C43H45Cl2F2N3O8/c1-24-38(45)32(33(44)21-48-24)20-35(27-11-12-34(58-43(46)47)36(19-27)55-23-25-9-10-25)56-41(52)30-7-3-6-29(17-30)40(51)49-39(28-5-4-8-31(18-28)54-2)42(53)57-37-22-50-15-13-26(37)14-16-50/h3-8,11-12,17-19,21,24-26,35,37-39,43H,9-10,13-16,20,22-23H2,1-2H3,(H,49,51)/t24?,35-,37-,38?,39?/m0/s1. The van der Waals surface area contributed by atoms with Crippen LogP contribution in [0.4, 0.5) is 8.78 Å². The van der Waals surface area contributed by atoms with Crippen LogP contribution in [0.3, 0.4) is 0 Å². The molecule has 0 aromatic heterocycles. The van der Waals surface area contributed by atoms with Crippen LogP contribution >= 0.6 is 23.2 Å². The summed E-state index contributed by atoms with van der Waals surface area (Å²) in [6, 6.07) is 15.6. The Morgan fingerprint density at radius 1 is 0.948 bits per heavy atom. The summed E-state index contributed by atoms with van der Waals surface area (Å²) in [7, 11) is 1.51. The van der Waals surface area contributed by atoms with E-state index >= 15 is 0 Å². The Morgan fingerprint density at radius 3 is 2.41 bits per heavy atom. The number of fused-ring (bicyclic) bond motifs is 3. The van der Waals surface area contributed by atoms with Gasteiger partial charge in [0.1, 0.15) is 18.0 Å². The number of allylic oxidation sites excluding steroid dienone is 1. The fourth-order valence-electron chi connectivity index (χ4n) is 7.49. The van der Waals surface area contributed by atoms with Crippen molar-refractivity contribution in [2.75, 3.05) is 33.4 Å². The second-order valence-electron chi connectivity index (χ2n) is 15.1. The summed E-state index contributed by atoms with van der Waals surface area (Å²) < 4.78 is 54.9. The zero-order chi connectivity index (χ0) is 40.9. The predicted octanol–water partition coefficient (Wildman–Crippen LogP) is 8.06. The van der Waals surface area contributed by atoms with Crippen LogP contribution in [0.15, 0.2) is 82.3 Å².